The Morgan fingerprint density at radius 2 is 1.68 bits per heavy atom. The van der Waals surface area contributed by atoms with Crippen LogP contribution in [0.15, 0.2) is 0 Å². The fourth-order valence-corrected chi connectivity index (χ4v) is 5.37. The number of nitrogens with zero attached hydrogens (tertiary/aromatic N) is 2. The Bertz CT molecular complexity index is 643. The molecule has 0 bridgehead atoms. The van der Waals surface area contributed by atoms with Crippen LogP contribution in [0.25, 0.3) is 0 Å². The molecule has 2 heterocycles. The zero-order chi connectivity index (χ0) is 22.9. The molecule has 1 aliphatic carbocycles. The predicted octanol–water partition coefficient (Wildman–Crippen LogP) is 2.60. The van der Waals surface area contributed by atoms with Crippen molar-refractivity contribution in [3.63, 3.8) is 0 Å². The van der Waals surface area contributed by atoms with E-state index in [0.29, 0.717) is 19.1 Å². The van der Waals surface area contributed by atoms with Crippen LogP contribution in [0.2, 0.25) is 0 Å². The molecule has 5 N–H and O–H groups in total. The third kappa shape index (κ3) is 9.40. The number of hydrogen-bond acceptors (Lipinski definition) is 5. The molecule has 3 aliphatic rings. The number of ether oxygens (including phenoxy) is 1. The van der Waals surface area contributed by atoms with Gasteiger partial charge in [0, 0.05) is 32.3 Å². The van der Waals surface area contributed by atoms with E-state index in [-0.39, 0.29) is 55.2 Å². The first-order valence-electron chi connectivity index (χ1n) is 12.4. The molecular weight excluding hydrogens is 481 g/mol. The van der Waals surface area contributed by atoms with Crippen LogP contribution in [-0.2, 0) is 14.3 Å². The number of hydrogen-bond donors (Lipinski definition) is 4. The number of carboxylic acids is 1. The number of rotatable bonds is 10. The summed E-state index contributed by atoms with van der Waals surface area (Å²) in [5, 5.41) is 20.2. The van der Waals surface area contributed by atoms with E-state index in [4.69, 9.17) is 15.9 Å². The van der Waals surface area contributed by atoms with Crippen LogP contribution in [0.5, 0.6) is 0 Å². The minimum absolute atomic E-state index is 0. The third-order valence-corrected chi connectivity index (χ3v) is 7.30. The van der Waals surface area contributed by atoms with Crippen molar-refractivity contribution < 1.29 is 19.4 Å². The molecule has 2 atom stereocenters. The number of carbonyl (C=O) groups excluding carboxylic acids is 1. The third-order valence-electron chi connectivity index (χ3n) is 7.30. The largest absolute Gasteiger partial charge is 0.481 e. The lowest BCUT2D eigenvalue weighted by molar-refractivity contribution is -0.144. The van der Waals surface area contributed by atoms with Crippen LogP contribution in [-0.4, -0.2) is 83.7 Å². The van der Waals surface area contributed by atoms with Gasteiger partial charge >= 0.3 is 5.97 Å². The molecule has 1 saturated carbocycles. The highest BCUT2D eigenvalue weighted by atomic mass is 35.5. The summed E-state index contributed by atoms with van der Waals surface area (Å²) in [6.07, 6.45) is 10.3. The molecular formula is C23H43Cl2N5O4. The zero-order valence-corrected chi connectivity index (χ0v) is 21.7. The molecule has 3 fully saturated rings. The van der Waals surface area contributed by atoms with E-state index in [1.807, 2.05) is 9.80 Å². The second-order valence-corrected chi connectivity index (χ2v) is 9.62. The molecule has 0 unspecified atom stereocenters. The lowest BCUT2D eigenvalue weighted by atomic mass is 9.97. The Hall–Kier alpha value is -1.29. The summed E-state index contributed by atoms with van der Waals surface area (Å²) in [7, 11) is 0. The maximum absolute atomic E-state index is 13.3. The number of nitrogens with two attached hydrogens (primary N) is 1. The Labute approximate surface area is 215 Å². The molecule has 1 amide bonds. The summed E-state index contributed by atoms with van der Waals surface area (Å²) in [4.78, 5) is 28.5. The normalized spacial score (nSPS) is 22.5. The van der Waals surface area contributed by atoms with Gasteiger partial charge in [-0.25, -0.2) is 0 Å². The molecule has 3 rings (SSSR count). The highest BCUT2D eigenvalue weighted by Crippen LogP contribution is 2.25. The molecule has 11 heteroatoms. The summed E-state index contributed by atoms with van der Waals surface area (Å²) in [6.45, 7) is 3.51. The maximum Gasteiger partial charge on any atom is 0.305 e. The van der Waals surface area contributed by atoms with Crippen molar-refractivity contribution in [2.45, 2.75) is 88.8 Å². The molecule has 0 aromatic carbocycles. The average molecular weight is 525 g/mol. The molecule has 34 heavy (non-hydrogen) atoms. The maximum atomic E-state index is 13.3. The predicted molar refractivity (Wildman–Crippen MR) is 137 cm³/mol. The van der Waals surface area contributed by atoms with Gasteiger partial charge in [0.05, 0.1) is 18.6 Å². The number of amides is 1. The monoisotopic (exact) mass is 523 g/mol. The smallest absolute Gasteiger partial charge is 0.305 e. The SMILES string of the molecule is Cl.Cl.N=C(N)N1CCC(OCC[C@@H]2CCCCN2C(=O)[C@H](CC(=O)O)NCC2CCCC2)CC1. The van der Waals surface area contributed by atoms with Gasteiger partial charge in [0.1, 0.15) is 0 Å². The number of carboxylic acid groups (broad SMARTS) is 1. The summed E-state index contributed by atoms with van der Waals surface area (Å²) >= 11 is 0. The first kappa shape index (κ1) is 30.7. The van der Waals surface area contributed by atoms with Crippen molar-refractivity contribution in [1.29, 1.82) is 5.41 Å². The highest BCUT2D eigenvalue weighted by Gasteiger charge is 2.33. The topological polar surface area (TPSA) is 132 Å². The number of piperidine rings is 2. The standard InChI is InChI=1S/C23H41N5O4.2ClH/c24-23(25)27-12-8-19(9-13-27)32-14-10-18-7-3-4-11-28(18)22(31)20(15-21(29)30)26-16-17-5-1-2-6-17;;/h17-20,26H,1-16H2,(H3,24,25)(H,29,30);2*1H/t18-,20-;;/m0../s1. The molecule has 0 aromatic rings. The van der Waals surface area contributed by atoms with E-state index in [2.05, 4.69) is 5.32 Å². The van der Waals surface area contributed by atoms with Gasteiger partial charge in [0.15, 0.2) is 5.96 Å². The summed E-state index contributed by atoms with van der Waals surface area (Å²) < 4.78 is 6.10. The van der Waals surface area contributed by atoms with Crippen molar-refractivity contribution in [3.05, 3.63) is 0 Å². The lowest BCUT2D eigenvalue weighted by Crippen LogP contribution is -2.53. The molecule has 198 valence electrons. The van der Waals surface area contributed by atoms with Crippen LogP contribution in [0.4, 0.5) is 0 Å². The zero-order valence-electron chi connectivity index (χ0n) is 20.1. The van der Waals surface area contributed by atoms with Crippen molar-refractivity contribution in [2.24, 2.45) is 11.7 Å². The van der Waals surface area contributed by atoms with Gasteiger partial charge < -0.3 is 30.7 Å². The molecule has 9 nitrogen and oxygen atoms in total. The Kier molecular flexibility index (Phi) is 14.2. The number of guanidine groups is 1. The Morgan fingerprint density at radius 1 is 1.03 bits per heavy atom. The highest BCUT2D eigenvalue weighted by molar-refractivity contribution is 5.86. The van der Waals surface area contributed by atoms with Gasteiger partial charge in [-0.1, -0.05) is 12.8 Å². The van der Waals surface area contributed by atoms with E-state index >= 15 is 0 Å². The van der Waals surface area contributed by atoms with Gasteiger partial charge in [0.2, 0.25) is 5.91 Å². The minimum Gasteiger partial charge on any atom is -0.481 e. The fourth-order valence-electron chi connectivity index (χ4n) is 5.37. The molecule has 2 aliphatic heterocycles. The number of likely N-dealkylation sites (tertiary alicyclic amines) is 2. The quantitative estimate of drug-likeness (QED) is 0.255. The average Bonchev–Trinajstić information content (AvgIpc) is 3.30. The second kappa shape index (κ2) is 15.7. The van der Waals surface area contributed by atoms with Crippen molar-refractivity contribution in [1.82, 2.24) is 15.1 Å². The van der Waals surface area contributed by atoms with Gasteiger partial charge in [-0.05, 0) is 63.8 Å². The Morgan fingerprint density at radius 3 is 2.29 bits per heavy atom. The summed E-state index contributed by atoms with van der Waals surface area (Å²) in [6, 6.07) is -0.538. The number of nitrogens with one attached hydrogen (secondary N) is 2. The van der Waals surface area contributed by atoms with Crippen LogP contribution >= 0.6 is 24.8 Å². The van der Waals surface area contributed by atoms with E-state index < -0.39 is 12.0 Å². The van der Waals surface area contributed by atoms with E-state index in [1.54, 1.807) is 0 Å². The van der Waals surface area contributed by atoms with E-state index in [0.717, 1.165) is 71.0 Å². The summed E-state index contributed by atoms with van der Waals surface area (Å²) in [5.74, 6) is -0.322. The lowest BCUT2D eigenvalue weighted by Gasteiger charge is -2.38. The van der Waals surface area contributed by atoms with Crippen LogP contribution in [0.1, 0.15) is 70.6 Å². The second-order valence-electron chi connectivity index (χ2n) is 9.62. The molecule has 0 spiro atoms. The first-order chi connectivity index (χ1) is 15.4. The van der Waals surface area contributed by atoms with Crippen LogP contribution in [0.3, 0.4) is 0 Å². The number of carbonyl (C=O) groups is 2. The minimum atomic E-state index is -0.934. The number of aliphatic carboxylic acids is 1. The van der Waals surface area contributed by atoms with E-state index in [9.17, 15) is 14.7 Å². The van der Waals surface area contributed by atoms with Gasteiger partial charge in [-0.15, -0.1) is 24.8 Å². The van der Waals surface area contributed by atoms with Crippen LogP contribution < -0.4 is 11.1 Å². The Balaban J connectivity index is 0.00000289. The van der Waals surface area contributed by atoms with Crippen molar-refractivity contribution in [3.8, 4) is 0 Å². The number of halogens is 2. The summed E-state index contributed by atoms with van der Waals surface area (Å²) in [5.41, 5.74) is 5.55. The molecule has 2 saturated heterocycles. The fraction of sp³-hybridized carbons (Fsp3) is 0.870. The van der Waals surface area contributed by atoms with Gasteiger partial charge in [0.25, 0.3) is 0 Å². The van der Waals surface area contributed by atoms with Gasteiger partial charge in [-0.3, -0.25) is 15.0 Å². The first-order valence-corrected chi connectivity index (χ1v) is 12.4. The van der Waals surface area contributed by atoms with Crippen molar-refractivity contribution >= 4 is 42.7 Å². The van der Waals surface area contributed by atoms with Crippen LogP contribution in [0, 0.1) is 11.3 Å². The van der Waals surface area contributed by atoms with E-state index in [1.165, 1.54) is 12.8 Å². The molecule has 0 aromatic heterocycles. The van der Waals surface area contributed by atoms with Gasteiger partial charge in [-0.2, -0.15) is 0 Å². The van der Waals surface area contributed by atoms with Crippen molar-refractivity contribution in [2.75, 3.05) is 32.8 Å². The molecule has 0 radical (unpaired) electrons.